The maximum atomic E-state index is 12.5. The molecule has 1 aromatic carbocycles. The molecule has 1 fully saturated rings. The van der Waals surface area contributed by atoms with Crippen molar-refractivity contribution in [3.63, 3.8) is 0 Å². The lowest BCUT2D eigenvalue weighted by molar-refractivity contribution is -0.973. The maximum absolute atomic E-state index is 12.5. The summed E-state index contributed by atoms with van der Waals surface area (Å²) in [6, 6.07) is 12.6. The Kier molecular flexibility index (Phi) is 6.61. The molecule has 1 heterocycles. The van der Waals surface area contributed by atoms with Gasteiger partial charge in [0.25, 0.3) is 5.91 Å². The molecule has 3 rings (SSSR count). The molecule has 1 aliphatic carbocycles. The van der Waals surface area contributed by atoms with E-state index in [2.05, 4.69) is 57.3 Å². The van der Waals surface area contributed by atoms with Crippen molar-refractivity contribution in [1.82, 2.24) is 5.32 Å². The summed E-state index contributed by atoms with van der Waals surface area (Å²) in [5, 5.41) is 3.14. The third kappa shape index (κ3) is 5.48. The average molecular weight is 384 g/mol. The largest absolute Gasteiger partial charge is 0.450 e. The first-order chi connectivity index (χ1) is 13.3. The van der Waals surface area contributed by atoms with Gasteiger partial charge in [-0.25, -0.2) is 0 Å². The Hall–Kier alpha value is -2.07. The Morgan fingerprint density at radius 1 is 1.07 bits per heavy atom. The second-order valence-corrected chi connectivity index (χ2v) is 9.21. The molecule has 4 nitrogen and oxygen atoms in total. The van der Waals surface area contributed by atoms with Gasteiger partial charge in [-0.15, -0.1) is 0 Å². The Balaban J connectivity index is 1.66. The molecule has 0 aliphatic heterocycles. The summed E-state index contributed by atoms with van der Waals surface area (Å²) in [5.41, 5.74) is 2.74. The molecule has 1 amide bonds. The zero-order valence-electron chi connectivity index (χ0n) is 17.8. The van der Waals surface area contributed by atoms with E-state index >= 15 is 0 Å². The van der Waals surface area contributed by atoms with Crippen molar-refractivity contribution in [3.8, 4) is 0 Å². The van der Waals surface area contributed by atoms with Crippen LogP contribution < -0.4 is 10.2 Å². The Bertz CT molecular complexity index is 782. The Morgan fingerprint density at radius 3 is 2.46 bits per heavy atom. The molecule has 0 bridgehead atoms. The molecular formula is C24H35N2O2+. The first kappa shape index (κ1) is 20.7. The van der Waals surface area contributed by atoms with Crippen LogP contribution in [0.25, 0.3) is 0 Å². The average Bonchev–Trinajstić information content (AvgIpc) is 3.12. The van der Waals surface area contributed by atoms with Crippen molar-refractivity contribution >= 4 is 5.91 Å². The minimum absolute atomic E-state index is 0.0690. The molecule has 4 heteroatoms. The zero-order chi connectivity index (χ0) is 20.1. The molecule has 0 radical (unpaired) electrons. The van der Waals surface area contributed by atoms with Gasteiger partial charge in [-0.3, -0.25) is 4.79 Å². The van der Waals surface area contributed by atoms with E-state index in [0.29, 0.717) is 11.8 Å². The molecule has 2 aromatic rings. The lowest BCUT2D eigenvalue weighted by atomic mass is 9.95. The molecular weight excluding hydrogens is 348 g/mol. The van der Waals surface area contributed by atoms with Crippen LogP contribution in [0.4, 0.5) is 0 Å². The van der Waals surface area contributed by atoms with E-state index in [9.17, 15) is 4.79 Å². The van der Waals surface area contributed by atoms with E-state index in [1.165, 1.54) is 35.3 Å². The van der Waals surface area contributed by atoms with Gasteiger partial charge in [0.15, 0.2) is 11.5 Å². The van der Waals surface area contributed by atoms with E-state index in [4.69, 9.17) is 4.42 Å². The SMILES string of the molecule is Cc1ccccc1C[NH+](Cc1ccc(C(=O)NC2CCCCC2)o1)C(C)(C)C. The van der Waals surface area contributed by atoms with Crippen LogP contribution in [0, 0.1) is 6.92 Å². The number of carbonyl (C=O) groups excluding carboxylic acids is 1. The summed E-state index contributed by atoms with van der Waals surface area (Å²) in [5.74, 6) is 1.23. The monoisotopic (exact) mass is 383 g/mol. The standard InChI is InChI=1S/C24H34N2O2/c1-18-10-8-9-11-19(18)16-26(24(2,3)4)17-21-14-15-22(28-21)23(27)25-20-12-6-5-7-13-20/h8-11,14-15,20H,5-7,12-13,16-17H2,1-4H3,(H,25,27)/p+1. The van der Waals surface area contributed by atoms with Crippen LogP contribution in [-0.2, 0) is 13.1 Å². The third-order valence-electron chi connectivity index (χ3n) is 5.94. The predicted octanol–water partition coefficient (Wildman–Crippen LogP) is 4.03. The van der Waals surface area contributed by atoms with Crippen LogP contribution in [0.5, 0.6) is 0 Å². The third-order valence-corrected chi connectivity index (χ3v) is 5.94. The minimum atomic E-state index is -0.0747. The van der Waals surface area contributed by atoms with E-state index in [-0.39, 0.29) is 11.4 Å². The lowest BCUT2D eigenvalue weighted by Gasteiger charge is -2.32. The van der Waals surface area contributed by atoms with Crippen LogP contribution in [-0.4, -0.2) is 17.5 Å². The highest BCUT2D eigenvalue weighted by atomic mass is 16.4. The highest BCUT2D eigenvalue weighted by Crippen LogP contribution is 2.18. The summed E-state index contributed by atoms with van der Waals surface area (Å²) < 4.78 is 5.95. The van der Waals surface area contributed by atoms with Crippen molar-refractivity contribution in [1.29, 1.82) is 0 Å². The normalized spacial score (nSPS) is 16.7. The molecule has 1 aromatic heterocycles. The molecule has 152 valence electrons. The first-order valence-electron chi connectivity index (χ1n) is 10.6. The van der Waals surface area contributed by atoms with E-state index in [1.54, 1.807) is 0 Å². The van der Waals surface area contributed by atoms with Gasteiger partial charge < -0.3 is 14.6 Å². The fourth-order valence-electron chi connectivity index (χ4n) is 3.94. The van der Waals surface area contributed by atoms with Gasteiger partial charge >= 0.3 is 0 Å². The van der Waals surface area contributed by atoms with Gasteiger partial charge in [-0.1, -0.05) is 43.5 Å². The van der Waals surface area contributed by atoms with Crippen molar-refractivity contribution in [3.05, 3.63) is 59.0 Å². The van der Waals surface area contributed by atoms with Gasteiger partial charge in [-0.05, 0) is 58.2 Å². The zero-order valence-corrected chi connectivity index (χ0v) is 17.8. The van der Waals surface area contributed by atoms with Crippen molar-refractivity contribution in [2.45, 2.75) is 84.5 Å². The van der Waals surface area contributed by atoms with Crippen LogP contribution >= 0.6 is 0 Å². The summed E-state index contributed by atoms with van der Waals surface area (Å²) in [6.07, 6.45) is 5.85. The highest BCUT2D eigenvalue weighted by Gasteiger charge is 2.28. The number of aryl methyl sites for hydroxylation is 1. The molecule has 1 unspecified atom stereocenters. The van der Waals surface area contributed by atoms with E-state index < -0.39 is 0 Å². The number of quaternary nitrogens is 1. The number of hydrogen-bond donors (Lipinski definition) is 2. The summed E-state index contributed by atoms with van der Waals surface area (Å²) in [7, 11) is 0. The van der Waals surface area contributed by atoms with Gasteiger partial charge in [0.1, 0.15) is 13.1 Å². The van der Waals surface area contributed by atoms with Gasteiger partial charge in [0, 0.05) is 11.6 Å². The molecule has 0 spiro atoms. The van der Waals surface area contributed by atoms with Crippen molar-refractivity contribution in [2.24, 2.45) is 0 Å². The lowest BCUT2D eigenvalue weighted by Crippen LogP contribution is -3.16. The summed E-state index contributed by atoms with van der Waals surface area (Å²) in [4.78, 5) is 13.9. The van der Waals surface area contributed by atoms with Crippen LogP contribution in [0.3, 0.4) is 0 Å². The van der Waals surface area contributed by atoms with E-state index in [1.807, 2.05) is 12.1 Å². The molecule has 1 atom stereocenters. The smallest absolute Gasteiger partial charge is 0.287 e. The Morgan fingerprint density at radius 2 is 1.79 bits per heavy atom. The fourth-order valence-corrected chi connectivity index (χ4v) is 3.94. The Labute approximate surface area is 169 Å². The molecule has 2 N–H and O–H groups in total. The van der Waals surface area contributed by atoms with Gasteiger partial charge in [0.05, 0.1) is 5.54 Å². The number of hydrogen-bond acceptors (Lipinski definition) is 2. The van der Waals surface area contributed by atoms with Gasteiger partial charge in [-0.2, -0.15) is 0 Å². The number of nitrogens with one attached hydrogen (secondary N) is 2. The highest BCUT2D eigenvalue weighted by molar-refractivity contribution is 5.91. The molecule has 1 aliphatic rings. The molecule has 28 heavy (non-hydrogen) atoms. The number of carbonyl (C=O) groups is 1. The topological polar surface area (TPSA) is 46.7 Å². The number of amides is 1. The predicted molar refractivity (Wildman–Crippen MR) is 112 cm³/mol. The minimum Gasteiger partial charge on any atom is -0.450 e. The maximum Gasteiger partial charge on any atom is 0.287 e. The first-order valence-corrected chi connectivity index (χ1v) is 10.6. The van der Waals surface area contributed by atoms with Crippen LogP contribution in [0.2, 0.25) is 0 Å². The van der Waals surface area contributed by atoms with E-state index in [0.717, 1.165) is 31.7 Å². The number of benzene rings is 1. The van der Waals surface area contributed by atoms with Crippen molar-refractivity contribution < 1.29 is 14.1 Å². The number of rotatable bonds is 6. The summed E-state index contributed by atoms with van der Waals surface area (Å²) >= 11 is 0. The fraction of sp³-hybridized carbons (Fsp3) is 0.542. The molecule has 0 saturated heterocycles. The molecule has 1 saturated carbocycles. The van der Waals surface area contributed by atoms with Crippen LogP contribution in [0.1, 0.15) is 80.3 Å². The number of furan rings is 1. The summed E-state index contributed by atoms with van der Waals surface area (Å²) in [6.45, 7) is 10.6. The second kappa shape index (κ2) is 8.95. The quantitative estimate of drug-likeness (QED) is 0.791. The van der Waals surface area contributed by atoms with Crippen molar-refractivity contribution in [2.75, 3.05) is 0 Å². The second-order valence-electron chi connectivity index (χ2n) is 9.21. The van der Waals surface area contributed by atoms with Crippen LogP contribution in [0.15, 0.2) is 40.8 Å². The van der Waals surface area contributed by atoms with Gasteiger partial charge in [0.2, 0.25) is 0 Å².